The van der Waals surface area contributed by atoms with Crippen molar-refractivity contribution in [1.82, 2.24) is 4.98 Å². The first kappa shape index (κ1) is 11.4. The van der Waals surface area contributed by atoms with E-state index in [1.54, 1.807) is 23.5 Å². The van der Waals surface area contributed by atoms with E-state index in [4.69, 9.17) is 11.0 Å². The summed E-state index contributed by atoms with van der Waals surface area (Å²) < 4.78 is 0. The average Bonchev–Trinajstić information content (AvgIpc) is 2.73. The van der Waals surface area contributed by atoms with Crippen LogP contribution in [0, 0.1) is 18.3 Å². The Balaban J connectivity index is 2.07. The van der Waals surface area contributed by atoms with Crippen molar-refractivity contribution in [3.05, 3.63) is 39.8 Å². The second-order valence-electron chi connectivity index (χ2n) is 3.63. The molecule has 2 aromatic rings. The molecule has 0 atom stereocenters. The first-order valence-electron chi connectivity index (χ1n) is 5.14. The van der Waals surface area contributed by atoms with Crippen molar-refractivity contribution in [2.24, 2.45) is 0 Å². The molecular weight excluding hydrogens is 232 g/mol. The summed E-state index contributed by atoms with van der Waals surface area (Å²) in [6.45, 7) is 2.67. The number of hydrogen-bond acceptors (Lipinski definition) is 5. The number of thiazole rings is 1. The third kappa shape index (κ3) is 2.74. The van der Waals surface area contributed by atoms with Crippen LogP contribution in [0.2, 0.25) is 0 Å². The molecule has 0 amide bonds. The van der Waals surface area contributed by atoms with Gasteiger partial charge < -0.3 is 11.1 Å². The molecule has 0 aliphatic rings. The average molecular weight is 244 g/mol. The van der Waals surface area contributed by atoms with Gasteiger partial charge in [0.25, 0.3) is 0 Å². The van der Waals surface area contributed by atoms with Crippen LogP contribution in [0.4, 0.5) is 11.4 Å². The molecule has 5 heteroatoms. The fourth-order valence-electron chi connectivity index (χ4n) is 1.45. The van der Waals surface area contributed by atoms with Gasteiger partial charge in [-0.3, -0.25) is 0 Å². The Bertz CT molecular complexity index is 568. The van der Waals surface area contributed by atoms with E-state index in [1.807, 2.05) is 19.2 Å². The quantitative estimate of drug-likeness (QED) is 0.813. The molecule has 2 rings (SSSR count). The number of anilines is 2. The summed E-state index contributed by atoms with van der Waals surface area (Å²) in [6.07, 6.45) is 1.85. The number of hydrogen-bond donors (Lipinski definition) is 2. The number of nitrogens with one attached hydrogen (secondary N) is 1. The predicted octanol–water partition coefficient (Wildman–Crippen LogP) is 2.52. The van der Waals surface area contributed by atoms with Gasteiger partial charge >= 0.3 is 0 Å². The molecule has 0 radical (unpaired) electrons. The maximum absolute atomic E-state index is 8.73. The van der Waals surface area contributed by atoms with E-state index in [1.165, 1.54) is 4.88 Å². The number of nitrogens with zero attached hydrogens (tertiary/aromatic N) is 2. The normalized spacial score (nSPS) is 9.88. The highest BCUT2D eigenvalue weighted by Gasteiger charge is 2.02. The van der Waals surface area contributed by atoms with Crippen molar-refractivity contribution >= 4 is 22.7 Å². The van der Waals surface area contributed by atoms with Crippen LogP contribution in [-0.2, 0) is 6.54 Å². The summed E-state index contributed by atoms with van der Waals surface area (Å²) in [5.74, 6) is 0. The fraction of sp³-hybridized carbons (Fsp3) is 0.167. The van der Waals surface area contributed by atoms with Gasteiger partial charge in [-0.25, -0.2) is 4.98 Å². The summed E-state index contributed by atoms with van der Waals surface area (Å²) in [6, 6.07) is 7.27. The number of rotatable bonds is 3. The summed E-state index contributed by atoms with van der Waals surface area (Å²) >= 11 is 1.65. The van der Waals surface area contributed by atoms with Gasteiger partial charge in [0.2, 0.25) is 0 Å². The van der Waals surface area contributed by atoms with E-state index in [0.29, 0.717) is 17.8 Å². The lowest BCUT2D eigenvalue weighted by Crippen LogP contribution is -2.02. The summed E-state index contributed by atoms with van der Waals surface area (Å²) in [5, 5.41) is 13.0. The molecule has 0 bridgehead atoms. The largest absolute Gasteiger partial charge is 0.397 e. The zero-order valence-corrected chi connectivity index (χ0v) is 10.2. The van der Waals surface area contributed by atoms with Gasteiger partial charge in [-0.1, -0.05) is 0 Å². The van der Waals surface area contributed by atoms with E-state index in [2.05, 4.69) is 16.4 Å². The molecule has 0 spiro atoms. The number of aromatic nitrogens is 1. The van der Waals surface area contributed by atoms with Crippen LogP contribution in [-0.4, -0.2) is 4.98 Å². The van der Waals surface area contributed by atoms with E-state index in [-0.39, 0.29) is 0 Å². The number of nitrogen functional groups attached to an aromatic ring is 1. The van der Waals surface area contributed by atoms with Gasteiger partial charge in [0.05, 0.1) is 29.6 Å². The number of benzene rings is 1. The molecule has 1 heterocycles. The van der Waals surface area contributed by atoms with Gasteiger partial charge in [-0.2, -0.15) is 5.26 Å². The summed E-state index contributed by atoms with van der Waals surface area (Å²) in [4.78, 5) is 5.45. The molecule has 3 N–H and O–H groups in total. The van der Waals surface area contributed by atoms with Gasteiger partial charge in [-0.05, 0) is 25.1 Å². The van der Waals surface area contributed by atoms with Crippen molar-refractivity contribution in [2.45, 2.75) is 13.5 Å². The lowest BCUT2D eigenvalue weighted by atomic mass is 10.2. The smallest absolute Gasteiger partial charge is 0.112 e. The van der Waals surface area contributed by atoms with E-state index >= 15 is 0 Å². The Hall–Kier alpha value is -2.06. The highest BCUT2D eigenvalue weighted by Crippen LogP contribution is 2.21. The van der Waals surface area contributed by atoms with Crippen LogP contribution in [0.5, 0.6) is 0 Å². The minimum Gasteiger partial charge on any atom is -0.397 e. The molecule has 4 nitrogen and oxygen atoms in total. The first-order chi connectivity index (χ1) is 8.19. The highest BCUT2D eigenvalue weighted by molar-refractivity contribution is 7.11. The molecular formula is C12H12N4S. The molecule has 0 aliphatic carbocycles. The number of nitriles is 1. The van der Waals surface area contributed by atoms with Gasteiger partial charge in [0.15, 0.2) is 0 Å². The Morgan fingerprint density at radius 3 is 2.94 bits per heavy atom. The minimum absolute atomic E-state index is 0.568. The van der Waals surface area contributed by atoms with Crippen molar-refractivity contribution in [3.63, 3.8) is 0 Å². The Kier molecular flexibility index (Phi) is 3.26. The molecule has 17 heavy (non-hydrogen) atoms. The van der Waals surface area contributed by atoms with E-state index in [0.717, 1.165) is 10.7 Å². The van der Waals surface area contributed by atoms with Gasteiger partial charge in [0.1, 0.15) is 5.01 Å². The second kappa shape index (κ2) is 4.85. The molecule has 0 saturated heterocycles. The zero-order chi connectivity index (χ0) is 12.3. The van der Waals surface area contributed by atoms with Crippen LogP contribution in [0.25, 0.3) is 0 Å². The Labute approximate surface area is 104 Å². The van der Waals surface area contributed by atoms with Crippen molar-refractivity contribution in [1.29, 1.82) is 5.26 Å². The van der Waals surface area contributed by atoms with Crippen molar-refractivity contribution < 1.29 is 0 Å². The van der Waals surface area contributed by atoms with Gasteiger partial charge in [-0.15, -0.1) is 11.3 Å². The third-order valence-corrected chi connectivity index (χ3v) is 3.19. The van der Waals surface area contributed by atoms with E-state index in [9.17, 15) is 0 Å². The molecule has 0 unspecified atom stereocenters. The molecule has 0 fully saturated rings. The van der Waals surface area contributed by atoms with Crippen LogP contribution in [0.15, 0.2) is 24.4 Å². The number of aryl methyl sites for hydroxylation is 1. The summed E-state index contributed by atoms with van der Waals surface area (Å²) in [7, 11) is 0. The van der Waals surface area contributed by atoms with Crippen molar-refractivity contribution in [3.8, 4) is 6.07 Å². The topological polar surface area (TPSA) is 74.7 Å². The van der Waals surface area contributed by atoms with Crippen LogP contribution in [0.1, 0.15) is 15.4 Å². The first-order valence-corrected chi connectivity index (χ1v) is 5.95. The molecule has 0 saturated carbocycles. The predicted molar refractivity (Wildman–Crippen MR) is 69.7 cm³/mol. The third-order valence-electron chi connectivity index (χ3n) is 2.28. The summed E-state index contributed by atoms with van der Waals surface area (Å²) in [5.41, 5.74) is 7.81. The van der Waals surface area contributed by atoms with Crippen molar-refractivity contribution in [2.75, 3.05) is 11.1 Å². The zero-order valence-electron chi connectivity index (χ0n) is 9.40. The molecule has 86 valence electrons. The molecule has 0 aliphatic heterocycles. The lowest BCUT2D eigenvalue weighted by molar-refractivity contribution is 1.10. The molecule has 1 aromatic carbocycles. The van der Waals surface area contributed by atoms with Crippen LogP contribution in [0.3, 0.4) is 0 Å². The lowest BCUT2D eigenvalue weighted by Gasteiger charge is -2.07. The minimum atomic E-state index is 0.568. The van der Waals surface area contributed by atoms with Gasteiger partial charge in [0, 0.05) is 11.1 Å². The maximum Gasteiger partial charge on any atom is 0.112 e. The monoisotopic (exact) mass is 244 g/mol. The second-order valence-corrected chi connectivity index (χ2v) is 4.95. The van der Waals surface area contributed by atoms with Crippen LogP contribution >= 0.6 is 11.3 Å². The highest BCUT2D eigenvalue weighted by atomic mass is 32.1. The number of nitrogens with two attached hydrogens (primary N) is 1. The Morgan fingerprint density at radius 2 is 2.35 bits per heavy atom. The standard InChI is InChI=1S/C12H12N4S/c1-8-6-16-12(17-8)7-15-11-3-2-9(5-13)4-10(11)14/h2-4,6,15H,7,14H2,1H3. The SMILES string of the molecule is Cc1cnc(CNc2ccc(C#N)cc2N)s1. The van der Waals surface area contributed by atoms with E-state index < -0.39 is 0 Å². The fourth-order valence-corrected chi connectivity index (χ4v) is 2.17. The Morgan fingerprint density at radius 1 is 1.53 bits per heavy atom. The maximum atomic E-state index is 8.73. The molecule has 1 aromatic heterocycles. The van der Waals surface area contributed by atoms with Crippen LogP contribution < -0.4 is 11.1 Å².